The molecular formula is C20H21N5O. The van der Waals surface area contributed by atoms with E-state index in [1.807, 2.05) is 12.1 Å². The standard InChI is InChI=1S/C20H21N5O/c1-20(7-8-20)25-18-16-10-17(22-12-14(16)9-15(11-21)23-18)24-19(26)13-5-3-2-4-6-13/h5,9-10,12H,2-4,6-8H2,1H3,(H,23,25)(H,22,24,26). The Morgan fingerprint density at radius 3 is 2.85 bits per heavy atom. The average molecular weight is 347 g/mol. The zero-order valence-electron chi connectivity index (χ0n) is 14.8. The van der Waals surface area contributed by atoms with Crippen LogP contribution >= 0.6 is 0 Å². The van der Waals surface area contributed by atoms with Crippen molar-refractivity contribution >= 4 is 28.3 Å². The number of fused-ring (bicyclic) bond motifs is 1. The fraction of sp³-hybridized carbons (Fsp3) is 0.400. The highest BCUT2D eigenvalue weighted by Gasteiger charge is 2.37. The van der Waals surface area contributed by atoms with Crippen molar-refractivity contribution in [1.82, 2.24) is 9.97 Å². The molecule has 0 atom stereocenters. The van der Waals surface area contributed by atoms with Crippen LogP contribution in [0.25, 0.3) is 10.8 Å². The molecule has 0 aromatic carbocycles. The number of nitrogens with zero attached hydrogens (tertiary/aromatic N) is 3. The van der Waals surface area contributed by atoms with Gasteiger partial charge in [-0.25, -0.2) is 9.97 Å². The van der Waals surface area contributed by atoms with Crippen molar-refractivity contribution in [2.24, 2.45) is 0 Å². The van der Waals surface area contributed by atoms with Gasteiger partial charge in [0.25, 0.3) is 5.91 Å². The molecule has 0 aliphatic heterocycles. The normalized spacial score (nSPS) is 17.9. The molecule has 0 saturated heterocycles. The first-order valence-electron chi connectivity index (χ1n) is 9.06. The zero-order chi connectivity index (χ0) is 18.1. The Kier molecular flexibility index (Phi) is 4.08. The summed E-state index contributed by atoms with van der Waals surface area (Å²) in [5, 5.41) is 17.3. The Hall–Kier alpha value is -2.94. The van der Waals surface area contributed by atoms with Crippen LogP contribution < -0.4 is 10.6 Å². The molecule has 1 amide bonds. The largest absolute Gasteiger partial charge is 0.364 e. The number of carbonyl (C=O) groups excluding carboxylic acids is 1. The van der Waals surface area contributed by atoms with Crippen molar-refractivity contribution in [3.8, 4) is 6.07 Å². The molecule has 6 heteroatoms. The summed E-state index contributed by atoms with van der Waals surface area (Å²) in [5.41, 5.74) is 1.23. The van der Waals surface area contributed by atoms with Gasteiger partial charge in [0.2, 0.25) is 0 Å². The summed E-state index contributed by atoms with van der Waals surface area (Å²) >= 11 is 0. The third-order valence-corrected chi connectivity index (χ3v) is 5.07. The SMILES string of the molecule is CC1(Nc2nc(C#N)cc3cnc(NC(=O)C4=CCCCC4)cc23)CC1. The molecule has 0 unspecified atom stereocenters. The van der Waals surface area contributed by atoms with E-state index in [0.29, 0.717) is 17.3 Å². The number of allylic oxidation sites excluding steroid dienone is 1. The van der Waals surface area contributed by atoms with Crippen molar-refractivity contribution in [1.29, 1.82) is 5.26 Å². The summed E-state index contributed by atoms with van der Waals surface area (Å²) in [6.45, 7) is 2.14. The second-order valence-electron chi connectivity index (χ2n) is 7.37. The van der Waals surface area contributed by atoms with Crippen LogP contribution in [0.2, 0.25) is 0 Å². The second kappa shape index (κ2) is 6.41. The van der Waals surface area contributed by atoms with Gasteiger partial charge in [-0.05, 0) is 57.6 Å². The van der Waals surface area contributed by atoms with E-state index in [9.17, 15) is 10.1 Å². The number of carbonyl (C=O) groups is 1. The van der Waals surface area contributed by atoms with E-state index in [2.05, 4.69) is 33.6 Å². The van der Waals surface area contributed by atoms with E-state index in [0.717, 1.165) is 54.9 Å². The molecule has 2 N–H and O–H groups in total. The predicted octanol–water partition coefficient (Wildman–Crippen LogP) is 3.90. The van der Waals surface area contributed by atoms with Gasteiger partial charge in [0.15, 0.2) is 0 Å². The molecule has 2 aliphatic carbocycles. The van der Waals surface area contributed by atoms with Gasteiger partial charge in [0.05, 0.1) is 0 Å². The minimum absolute atomic E-state index is 0.0353. The Bertz CT molecular complexity index is 953. The van der Waals surface area contributed by atoms with Gasteiger partial charge in [-0.3, -0.25) is 4.79 Å². The van der Waals surface area contributed by atoms with Crippen molar-refractivity contribution in [3.05, 3.63) is 35.7 Å². The Balaban J connectivity index is 1.67. The zero-order valence-corrected chi connectivity index (χ0v) is 14.8. The number of rotatable bonds is 4. The van der Waals surface area contributed by atoms with Crippen LogP contribution in [0.1, 0.15) is 51.1 Å². The first-order chi connectivity index (χ1) is 12.6. The molecule has 132 valence electrons. The number of pyridine rings is 2. The molecule has 2 aromatic rings. The summed E-state index contributed by atoms with van der Waals surface area (Å²) in [6.07, 6.45) is 9.83. The number of nitrogens with one attached hydrogen (secondary N) is 2. The molecule has 0 bridgehead atoms. The fourth-order valence-corrected chi connectivity index (χ4v) is 3.21. The maximum atomic E-state index is 12.4. The van der Waals surface area contributed by atoms with E-state index in [1.165, 1.54) is 0 Å². The van der Waals surface area contributed by atoms with Gasteiger partial charge < -0.3 is 10.6 Å². The third kappa shape index (κ3) is 3.38. The van der Waals surface area contributed by atoms with E-state index in [4.69, 9.17) is 0 Å². The van der Waals surface area contributed by atoms with Gasteiger partial charge in [-0.1, -0.05) is 6.08 Å². The van der Waals surface area contributed by atoms with Crippen molar-refractivity contribution in [2.45, 2.75) is 51.0 Å². The maximum absolute atomic E-state index is 12.4. The lowest BCUT2D eigenvalue weighted by molar-refractivity contribution is -0.113. The second-order valence-corrected chi connectivity index (χ2v) is 7.37. The van der Waals surface area contributed by atoms with E-state index >= 15 is 0 Å². The van der Waals surface area contributed by atoms with Gasteiger partial charge >= 0.3 is 0 Å². The minimum Gasteiger partial charge on any atom is -0.364 e. The molecule has 26 heavy (non-hydrogen) atoms. The lowest BCUT2D eigenvalue weighted by atomic mass is 9.99. The Morgan fingerprint density at radius 2 is 2.15 bits per heavy atom. The van der Waals surface area contributed by atoms with Gasteiger partial charge in [0.1, 0.15) is 23.4 Å². The van der Waals surface area contributed by atoms with Crippen LogP contribution in [0.15, 0.2) is 30.0 Å². The molecule has 1 saturated carbocycles. The van der Waals surface area contributed by atoms with Crippen LogP contribution in [-0.4, -0.2) is 21.4 Å². The highest BCUT2D eigenvalue weighted by molar-refractivity contribution is 6.04. The number of nitriles is 1. The minimum atomic E-state index is -0.0816. The number of hydrogen-bond donors (Lipinski definition) is 2. The van der Waals surface area contributed by atoms with Crippen LogP contribution in [0.5, 0.6) is 0 Å². The van der Waals surface area contributed by atoms with Crippen molar-refractivity contribution in [2.75, 3.05) is 10.6 Å². The van der Waals surface area contributed by atoms with Gasteiger partial charge in [0, 0.05) is 28.1 Å². The molecule has 2 aromatic heterocycles. The molecule has 2 heterocycles. The molecule has 0 spiro atoms. The lowest BCUT2D eigenvalue weighted by Gasteiger charge is -2.16. The monoisotopic (exact) mass is 347 g/mol. The molecule has 1 fully saturated rings. The maximum Gasteiger partial charge on any atom is 0.252 e. The lowest BCUT2D eigenvalue weighted by Crippen LogP contribution is -2.18. The first-order valence-corrected chi connectivity index (χ1v) is 9.06. The van der Waals surface area contributed by atoms with E-state index < -0.39 is 0 Å². The Morgan fingerprint density at radius 1 is 1.31 bits per heavy atom. The molecular weight excluding hydrogens is 326 g/mol. The highest BCUT2D eigenvalue weighted by atomic mass is 16.1. The van der Waals surface area contributed by atoms with Gasteiger partial charge in [-0.15, -0.1) is 0 Å². The number of hydrogen-bond acceptors (Lipinski definition) is 5. The number of anilines is 2. The fourth-order valence-electron chi connectivity index (χ4n) is 3.21. The summed E-state index contributed by atoms with van der Waals surface area (Å²) in [7, 11) is 0. The van der Waals surface area contributed by atoms with Crippen molar-refractivity contribution < 1.29 is 4.79 Å². The van der Waals surface area contributed by atoms with Crippen LogP contribution in [0.3, 0.4) is 0 Å². The highest BCUT2D eigenvalue weighted by Crippen LogP contribution is 2.39. The molecule has 0 radical (unpaired) electrons. The summed E-state index contributed by atoms with van der Waals surface area (Å²) in [5.74, 6) is 1.10. The Labute approximate surface area is 152 Å². The summed E-state index contributed by atoms with van der Waals surface area (Å²) < 4.78 is 0. The smallest absolute Gasteiger partial charge is 0.252 e. The molecule has 2 aliphatic rings. The van der Waals surface area contributed by atoms with Crippen LogP contribution in [0.4, 0.5) is 11.6 Å². The summed E-state index contributed by atoms with van der Waals surface area (Å²) in [4.78, 5) is 21.2. The number of amides is 1. The molecule has 4 rings (SSSR count). The van der Waals surface area contributed by atoms with Crippen LogP contribution in [0, 0.1) is 11.3 Å². The average Bonchev–Trinajstić information content (AvgIpc) is 3.39. The quantitative estimate of drug-likeness (QED) is 0.875. The topological polar surface area (TPSA) is 90.7 Å². The van der Waals surface area contributed by atoms with Crippen molar-refractivity contribution in [3.63, 3.8) is 0 Å². The van der Waals surface area contributed by atoms with E-state index in [-0.39, 0.29) is 11.4 Å². The molecule has 6 nitrogen and oxygen atoms in total. The number of aromatic nitrogens is 2. The summed E-state index contributed by atoms with van der Waals surface area (Å²) in [6, 6.07) is 5.65. The third-order valence-electron chi connectivity index (χ3n) is 5.07. The van der Waals surface area contributed by atoms with E-state index in [1.54, 1.807) is 12.3 Å². The van der Waals surface area contributed by atoms with Gasteiger partial charge in [-0.2, -0.15) is 5.26 Å². The first kappa shape index (κ1) is 16.5. The van der Waals surface area contributed by atoms with Crippen LogP contribution in [-0.2, 0) is 4.79 Å². The predicted molar refractivity (Wildman–Crippen MR) is 101 cm³/mol.